The monoisotopic (exact) mass is 236 g/mol. The Balaban J connectivity index is 2.28. The van der Waals surface area contributed by atoms with E-state index < -0.39 is 23.0 Å². The Hall–Kier alpha value is -1.91. The molecule has 1 saturated carbocycles. The van der Waals surface area contributed by atoms with E-state index in [0.29, 0.717) is 12.8 Å². The molecule has 0 bridgehead atoms. The zero-order valence-electron chi connectivity index (χ0n) is 9.44. The third kappa shape index (κ3) is 1.77. The molecule has 5 heteroatoms. The number of hydrogen-bond acceptors (Lipinski definition) is 2. The van der Waals surface area contributed by atoms with E-state index in [-0.39, 0.29) is 5.69 Å². The summed E-state index contributed by atoms with van der Waals surface area (Å²) >= 11 is 0. The van der Waals surface area contributed by atoms with E-state index in [1.54, 1.807) is 6.07 Å². The van der Waals surface area contributed by atoms with E-state index in [0.717, 1.165) is 4.90 Å². The smallest absolute Gasteiger partial charge is 0.242 e. The number of nitrogens with zero attached hydrogens (tertiary/aromatic N) is 1. The van der Waals surface area contributed by atoms with Gasteiger partial charge in [0.2, 0.25) is 11.8 Å². The van der Waals surface area contributed by atoms with E-state index in [2.05, 4.69) is 0 Å². The van der Waals surface area contributed by atoms with Gasteiger partial charge >= 0.3 is 0 Å². The first-order valence-corrected chi connectivity index (χ1v) is 5.31. The third-order valence-corrected chi connectivity index (χ3v) is 3.15. The number of benzene rings is 1. The lowest BCUT2D eigenvalue weighted by molar-refractivity contribution is -0.133. The van der Waals surface area contributed by atoms with Crippen molar-refractivity contribution in [2.45, 2.75) is 12.8 Å². The number of carbonyl (C=O) groups excluding carboxylic acids is 2. The maximum Gasteiger partial charge on any atom is 0.242 e. The van der Waals surface area contributed by atoms with Crippen LogP contribution >= 0.6 is 0 Å². The molecule has 0 heterocycles. The van der Waals surface area contributed by atoms with Crippen LogP contribution in [0.2, 0.25) is 0 Å². The van der Waals surface area contributed by atoms with Crippen LogP contribution in [0.5, 0.6) is 0 Å². The number of hydrogen-bond donors (Lipinski definition) is 1. The Morgan fingerprint density at radius 1 is 1.35 bits per heavy atom. The van der Waals surface area contributed by atoms with Crippen LogP contribution in [0.4, 0.5) is 10.1 Å². The molecule has 0 radical (unpaired) electrons. The van der Waals surface area contributed by atoms with E-state index in [4.69, 9.17) is 5.73 Å². The standard InChI is InChI=1S/C12H13FN2O2/c1-15(9-5-3-2-4-8(9)13)11(17)12(6-7-12)10(14)16/h2-5H,6-7H2,1H3,(H2,14,16). The Kier molecular flexibility index (Phi) is 2.61. The molecule has 90 valence electrons. The molecule has 4 nitrogen and oxygen atoms in total. The molecule has 0 atom stereocenters. The van der Waals surface area contributed by atoms with Crippen LogP contribution in [0.1, 0.15) is 12.8 Å². The molecule has 1 fully saturated rings. The van der Waals surface area contributed by atoms with Crippen LogP contribution in [0, 0.1) is 11.2 Å². The van der Waals surface area contributed by atoms with Gasteiger partial charge in [0.05, 0.1) is 5.69 Å². The highest BCUT2D eigenvalue weighted by atomic mass is 19.1. The number of halogens is 1. The molecule has 0 aliphatic heterocycles. The second-order valence-corrected chi connectivity index (χ2v) is 4.26. The van der Waals surface area contributed by atoms with Crippen molar-refractivity contribution in [3.05, 3.63) is 30.1 Å². The van der Waals surface area contributed by atoms with Gasteiger partial charge in [-0.15, -0.1) is 0 Å². The molecular weight excluding hydrogens is 223 g/mol. The first-order valence-electron chi connectivity index (χ1n) is 5.31. The van der Waals surface area contributed by atoms with Crippen LogP contribution in [0.3, 0.4) is 0 Å². The predicted octanol–water partition coefficient (Wildman–Crippen LogP) is 1.05. The van der Waals surface area contributed by atoms with Gasteiger partial charge in [-0.25, -0.2) is 4.39 Å². The van der Waals surface area contributed by atoms with Gasteiger partial charge in [-0.1, -0.05) is 12.1 Å². The summed E-state index contributed by atoms with van der Waals surface area (Å²) in [7, 11) is 1.45. The van der Waals surface area contributed by atoms with E-state index in [1.165, 1.54) is 25.2 Å². The Morgan fingerprint density at radius 2 is 1.94 bits per heavy atom. The minimum Gasteiger partial charge on any atom is -0.369 e. The minimum absolute atomic E-state index is 0.157. The van der Waals surface area contributed by atoms with Gasteiger partial charge in [0.15, 0.2) is 0 Å². The lowest BCUT2D eigenvalue weighted by atomic mass is 10.0. The summed E-state index contributed by atoms with van der Waals surface area (Å²) < 4.78 is 13.5. The molecule has 1 aromatic carbocycles. The SMILES string of the molecule is CN(C(=O)C1(C(N)=O)CC1)c1ccccc1F. The summed E-state index contributed by atoms with van der Waals surface area (Å²) in [6, 6.07) is 5.93. The molecule has 1 aliphatic carbocycles. The average Bonchev–Trinajstić information content (AvgIpc) is 3.09. The van der Waals surface area contributed by atoms with Crippen molar-refractivity contribution in [1.82, 2.24) is 0 Å². The first kappa shape index (κ1) is 11.6. The summed E-state index contributed by atoms with van der Waals surface area (Å²) in [4.78, 5) is 24.5. The van der Waals surface area contributed by atoms with Crippen molar-refractivity contribution in [2.24, 2.45) is 11.1 Å². The molecule has 0 aromatic heterocycles. The van der Waals surface area contributed by atoms with Crippen molar-refractivity contribution in [3.63, 3.8) is 0 Å². The van der Waals surface area contributed by atoms with Crippen molar-refractivity contribution in [1.29, 1.82) is 0 Å². The lowest BCUT2D eigenvalue weighted by Gasteiger charge is -2.22. The molecule has 2 rings (SSSR count). The second-order valence-electron chi connectivity index (χ2n) is 4.26. The van der Waals surface area contributed by atoms with E-state index >= 15 is 0 Å². The van der Waals surface area contributed by atoms with Gasteiger partial charge in [0, 0.05) is 7.05 Å². The number of anilines is 1. The average molecular weight is 236 g/mol. The van der Waals surface area contributed by atoms with Gasteiger partial charge in [-0.2, -0.15) is 0 Å². The highest BCUT2D eigenvalue weighted by Crippen LogP contribution is 2.47. The maximum atomic E-state index is 13.5. The highest BCUT2D eigenvalue weighted by Gasteiger charge is 2.56. The minimum atomic E-state index is -1.11. The summed E-state index contributed by atoms with van der Waals surface area (Å²) in [6.45, 7) is 0. The summed E-state index contributed by atoms with van der Waals surface area (Å²) in [6.07, 6.45) is 0.889. The van der Waals surface area contributed by atoms with Gasteiger partial charge in [-0.3, -0.25) is 9.59 Å². The molecular formula is C12H13FN2O2. The summed E-state index contributed by atoms with van der Waals surface area (Å²) in [5, 5.41) is 0. The second kappa shape index (κ2) is 3.84. The fraction of sp³-hybridized carbons (Fsp3) is 0.333. The van der Waals surface area contributed by atoms with Crippen LogP contribution in [0.25, 0.3) is 0 Å². The molecule has 1 aliphatic rings. The van der Waals surface area contributed by atoms with Crippen LogP contribution in [-0.2, 0) is 9.59 Å². The quantitative estimate of drug-likeness (QED) is 0.797. The normalized spacial score (nSPS) is 16.4. The Labute approximate surface area is 98.2 Å². The van der Waals surface area contributed by atoms with Crippen LogP contribution < -0.4 is 10.6 Å². The summed E-state index contributed by atoms with van der Waals surface area (Å²) in [5.41, 5.74) is 4.25. The van der Waals surface area contributed by atoms with Crippen LogP contribution in [-0.4, -0.2) is 18.9 Å². The van der Waals surface area contributed by atoms with Gasteiger partial charge in [0.25, 0.3) is 0 Å². The number of carbonyl (C=O) groups is 2. The first-order chi connectivity index (χ1) is 7.99. The fourth-order valence-electron chi connectivity index (χ4n) is 1.84. The van der Waals surface area contributed by atoms with Crippen LogP contribution in [0.15, 0.2) is 24.3 Å². The largest absolute Gasteiger partial charge is 0.369 e. The van der Waals surface area contributed by atoms with Crippen molar-refractivity contribution >= 4 is 17.5 Å². The fourth-order valence-corrected chi connectivity index (χ4v) is 1.84. The molecule has 17 heavy (non-hydrogen) atoms. The Morgan fingerprint density at radius 3 is 2.41 bits per heavy atom. The van der Waals surface area contributed by atoms with Crippen molar-refractivity contribution in [2.75, 3.05) is 11.9 Å². The van der Waals surface area contributed by atoms with Gasteiger partial charge in [-0.05, 0) is 25.0 Å². The lowest BCUT2D eigenvalue weighted by Crippen LogP contribution is -2.42. The number of nitrogens with two attached hydrogens (primary N) is 1. The molecule has 0 unspecified atom stereocenters. The number of para-hydroxylation sites is 1. The molecule has 1 aromatic rings. The van der Waals surface area contributed by atoms with E-state index in [1.807, 2.05) is 0 Å². The number of rotatable bonds is 3. The van der Waals surface area contributed by atoms with Crippen molar-refractivity contribution < 1.29 is 14.0 Å². The summed E-state index contributed by atoms with van der Waals surface area (Å²) in [5.74, 6) is -1.57. The number of amides is 2. The zero-order chi connectivity index (χ0) is 12.6. The van der Waals surface area contributed by atoms with Gasteiger partial charge < -0.3 is 10.6 Å². The van der Waals surface area contributed by atoms with Crippen molar-refractivity contribution in [3.8, 4) is 0 Å². The molecule has 2 amide bonds. The third-order valence-electron chi connectivity index (χ3n) is 3.15. The maximum absolute atomic E-state index is 13.5. The number of primary amides is 1. The topological polar surface area (TPSA) is 63.4 Å². The Bertz CT molecular complexity index is 483. The molecule has 0 saturated heterocycles. The van der Waals surface area contributed by atoms with Gasteiger partial charge in [0.1, 0.15) is 11.2 Å². The zero-order valence-corrected chi connectivity index (χ0v) is 9.44. The molecule has 2 N–H and O–H groups in total. The highest BCUT2D eigenvalue weighted by molar-refractivity contribution is 6.13. The molecule has 0 spiro atoms. The predicted molar refractivity (Wildman–Crippen MR) is 60.7 cm³/mol. The van der Waals surface area contributed by atoms with E-state index in [9.17, 15) is 14.0 Å².